The number of hydrogen-bond acceptors (Lipinski definition) is 4. The van der Waals surface area contributed by atoms with Crippen molar-refractivity contribution in [2.45, 2.75) is 43.8 Å². The molecule has 1 fully saturated rings. The van der Waals surface area contributed by atoms with Gasteiger partial charge in [0.2, 0.25) is 11.8 Å². The topological polar surface area (TPSA) is 126 Å². The molecular formula is C35H40N6O2. The highest BCUT2D eigenvalue weighted by Crippen LogP contribution is 2.31. The summed E-state index contributed by atoms with van der Waals surface area (Å²) in [5.74, 6) is 0.0367. The molecule has 0 bridgehead atoms. The van der Waals surface area contributed by atoms with Crippen molar-refractivity contribution in [3.8, 4) is 0 Å². The third-order valence-electron chi connectivity index (χ3n) is 7.95. The normalized spacial score (nSPS) is 17.0. The molecule has 1 saturated heterocycles. The molecule has 0 spiro atoms. The molecule has 4 aromatic carbocycles. The van der Waals surface area contributed by atoms with Crippen molar-refractivity contribution in [2.75, 3.05) is 19.6 Å². The summed E-state index contributed by atoms with van der Waals surface area (Å²) in [6.45, 7) is 1.43. The van der Waals surface area contributed by atoms with Gasteiger partial charge in [0, 0.05) is 25.7 Å². The lowest BCUT2D eigenvalue weighted by atomic mass is 9.96. The maximum atomic E-state index is 14.2. The number of benzene rings is 4. The number of amides is 2. The van der Waals surface area contributed by atoms with Gasteiger partial charge in [0.05, 0.1) is 18.5 Å². The minimum atomic E-state index is -0.436. The van der Waals surface area contributed by atoms with E-state index >= 15 is 0 Å². The summed E-state index contributed by atoms with van der Waals surface area (Å²) >= 11 is 0. The summed E-state index contributed by atoms with van der Waals surface area (Å²) in [6, 6.07) is 33.8. The van der Waals surface area contributed by atoms with Crippen LogP contribution in [0, 0.1) is 0 Å². The molecule has 4 aromatic rings. The van der Waals surface area contributed by atoms with Gasteiger partial charge in [-0.2, -0.15) is 0 Å². The quantitative estimate of drug-likeness (QED) is 0.122. The van der Waals surface area contributed by atoms with Crippen LogP contribution in [0.5, 0.6) is 0 Å². The van der Waals surface area contributed by atoms with E-state index < -0.39 is 6.04 Å². The molecular weight excluding hydrogens is 536 g/mol. The average Bonchev–Trinajstić information content (AvgIpc) is 3.18. The average molecular weight is 577 g/mol. The van der Waals surface area contributed by atoms with Crippen LogP contribution >= 0.6 is 0 Å². The zero-order valence-electron chi connectivity index (χ0n) is 24.4. The Morgan fingerprint density at radius 1 is 0.907 bits per heavy atom. The maximum Gasteiger partial charge on any atom is 0.240 e. The summed E-state index contributed by atoms with van der Waals surface area (Å²) in [6.07, 6.45) is 2.22. The number of carbonyl (C=O) groups excluding carboxylic acids is 2. The number of nitrogens with zero attached hydrogens (tertiary/aromatic N) is 2. The van der Waals surface area contributed by atoms with Gasteiger partial charge in [0.15, 0.2) is 5.96 Å². The second kappa shape index (κ2) is 14.5. The number of guanidine groups is 1. The lowest BCUT2D eigenvalue weighted by Gasteiger charge is -2.33. The van der Waals surface area contributed by atoms with Crippen molar-refractivity contribution < 1.29 is 9.59 Å². The summed E-state index contributed by atoms with van der Waals surface area (Å²) < 4.78 is 0. The first-order valence-corrected chi connectivity index (χ1v) is 14.9. The number of carbonyl (C=O) groups is 2. The standard InChI is InChI=1S/C35H40N6O2/c36-35(37)38-20-9-16-31-34(43)41(33(27-11-3-1-4-12-27)28-13-5-2-6-14-28)21-19-30(40-31)24-39-32(42)23-25-17-18-26-10-7-8-15-29(26)22-25/h1-8,10-15,17-18,22,30-31,33,40H,9,16,19-21,23-24H2,(H,39,42)(H4,36,37,38). The molecule has 2 atom stereocenters. The molecule has 0 saturated carbocycles. The van der Waals surface area contributed by atoms with Gasteiger partial charge in [0.1, 0.15) is 0 Å². The van der Waals surface area contributed by atoms with Crippen molar-refractivity contribution >= 4 is 28.5 Å². The molecule has 0 aromatic heterocycles. The Labute approximate surface area is 253 Å². The Kier molecular flexibility index (Phi) is 10.0. The predicted octanol–water partition coefficient (Wildman–Crippen LogP) is 3.90. The van der Waals surface area contributed by atoms with Crippen LogP contribution in [0.1, 0.15) is 42.0 Å². The van der Waals surface area contributed by atoms with Crippen LogP contribution in [-0.4, -0.2) is 54.4 Å². The molecule has 1 aliphatic heterocycles. The maximum absolute atomic E-state index is 14.2. The van der Waals surface area contributed by atoms with E-state index in [1.165, 1.54) is 0 Å². The first-order valence-electron chi connectivity index (χ1n) is 14.9. The van der Waals surface area contributed by atoms with E-state index in [1.807, 2.05) is 65.6 Å². The monoisotopic (exact) mass is 576 g/mol. The zero-order valence-corrected chi connectivity index (χ0v) is 24.4. The fourth-order valence-corrected chi connectivity index (χ4v) is 5.83. The Balaban J connectivity index is 1.31. The van der Waals surface area contributed by atoms with Gasteiger partial charge in [-0.3, -0.25) is 14.6 Å². The Morgan fingerprint density at radius 2 is 1.56 bits per heavy atom. The van der Waals surface area contributed by atoms with Crippen molar-refractivity contribution in [1.29, 1.82) is 0 Å². The van der Waals surface area contributed by atoms with Gasteiger partial charge in [-0.05, 0) is 46.7 Å². The van der Waals surface area contributed by atoms with Gasteiger partial charge in [-0.25, -0.2) is 0 Å². The van der Waals surface area contributed by atoms with Crippen LogP contribution in [0.4, 0.5) is 0 Å². The molecule has 8 nitrogen and oxygen atoms in total. The lowest BCUT2D eigenvalue weighted by Crippen LogP contribution is -2.49. The van der Waals surface area contributed by atoms with Crippen LogP contribution in [0.2, 0.25) is 0 Å². The highest BCUT2D eigenvalue weighted by Gasteiger charge is 2.35. The highest BCUT2D eigenvalue weighted by molar-refractivity contribution is 5.85. The van der Waals surface area contributed by atoms with E-state index in [0.717, 1.165) is 27.5 Å². The van der Waals surface area contributed by atoms with E-state index in [-0.39, 0.29) is 29.9 Å². The number of nitrogens with two attached hydrogens (primary N) is 2. The smallest absolute Gasteiger partial charge is 0.240 e. The molecule has 222 valence electrons. The summed E-state index contributed by atoms with van der Waals surface area (Å²) in [5, 5.41) is 8.95. The molecule has 0 radical (unpaired) electrons. The van der Waals surface area contributed by atoms with Crippen LogP contribution in [0.3, 0.4) is 0 Å². The number of aliphatic imine (C=N–C) groups is 1. The fourth-order valence-electron chi connectivity index (χ4n) is 5.83. The third-order valence-corrected chi connectivity index (χ3v) is 7.95. The minimum Gasteiger partial charge on any atom is -0.370 e. The third kappa shape index (κ3) is 7.99. The molecule has 2 amide bonds. The van der Waals surface area contributed by atoms with E-state index in [9.17, 15) is 9.59 Å². The van der Waals surface area contributed by atoms with Gasteiger partial charge in [-0.15, -0.1) is 0 Å². The fraction of sp³-hybridized carbons (Fsp3) is 0.286. The molecule has 1 heterocycles. The van der Waals surface area contributed by atoms with E-state index in [2.05, 4.69) is 58.1 Å². The Morgan fingerprint density at radius 3 is 2.23 bits per heavy atom. The van der Waals surface area contributed by atoms with Crippen LogP contribution < -0.4 is 22.1 Å². The summed E-state index contributed by atoms with van der Waals surface area (Å²) in [4.78, 5) is 33.3. The number of nitrogens with one attached hydrogen (secondary N) is 2. The number of rotatable bonds is 11. The molecule has 8 heteroatoms. The van der Waals surface area contributed by atoms with Gasteiger partial charge < -0.3 is 27.0 Å². The van der Waals surface area contributed by atoms with E-state index in [1.54, 1.807) is 0 Å². The van der Waals surface area contributed by atoms with Gasteiger partial charge in [-0.1, -0.05) is 103 Å². The summed E-state index contributed by atoms with van der Waals surface area (Å²) in [7, 11) is 0. The van der Waals surface area contributed by atoms with Crippen LogP contribution in [0.15, 0.2) is 108 Å². The van der Waals surface area contributed by atoms with Crippen molar-refractivity contribution in [2.24, 2.45) is 16.5 Å². The second-order valence-electron chi connectivity index (χ2n) is 11.1. The summed E-state index contributed by atoms with van der Waals surface area (Å²) in [5.41, 5.74) is 14.1. The van der Waals surface area contributed by atoms with Crippen molar-refractivity contribution in [3.05, 3.63) is 120 Å². The zero-order chi connectivity index (χ0) is 30.0. The lowest BCUT2D eigenvalue weighted by molar-refractivity contribution is -0.134. The Hall–Kier alpha value is -4.69. The van der Waals surface area contributed by atoms with Gasteiger partial charge in [0.25, 0.3) is 0 Å². The van der Waals surface area contributed by atoms with Crippen LogP contribution in [-0.2, 0) is 16.0 Å². The number of hydrogen-bond donors (Lipinski definition) is 4. The highest BCUT2D eigenvalue weighted by atomic mass is 16.2. The largest absolute Gasteiger partial charge is 0.370 e. The molecule has 2 unspecified atom stereocenters. The van der Waals surface area contributed by atoms with E-state index in [0.29, 0.717) is 45.3 Å². The minimum absolute atomic E-state index is 0.0346. The number of fused-ring (bicyclic) bond motifs is 1. The van der Waals surface area contributed by atoms with Crippen molar-refractivity contribution in [3.63, 3.8) is 0 Å². The molecule has 5 rings (SSSR count). The van der Waals surface area contributed by atoms with Crippen LogP contribution in [0.25, 0.3) is 10.8 Å². The molecule has 1 aliphatic rings. The Bertz CT molecular complexity index is 1500. The second-order valence-corrected chi connectivity index (χ2v) is 11.1. The first-order chi connectivity index (χ1) is 21.0. The van der Waals surface area contributed by atoms with Gasteiger partial charge >= 0.3 is 0 Å². The van der Waals surface area contributed by atoms with E-state index in [4.69, 9.17) is 11.5 Å². The molecule has 43 heavy (non-hydrogen) atoms. The molecule has 0 aliphatic carbocycles. The predicted molar refractivity (Wildman–Crippen MR) is 172 cm³/mol. The SMILES string of the molecule is NC(N)=NCCCC1NC(CNC(=O)Cc2ccc3ccccc3c2)CCN(C(c2ccccc2)c2ccccc2)C1=O. The van der Waals surface area contributed by atoms with Crippen molar-refractivity contribution in [1.82, 2.24) is 15.5 Å². The molecule has 6 N–H and O–H groups in total. The first kappa shape index (κ1) is 29.8.